The number of rotatable bonds is 6. The molecule has 2 amide bonds. The predicted octanol–water partition coefficient (Wildman–Crippen LogP) is 3.12. The molecule has 2 aliphatic heterocycles. The fraction of sp³-hybridized carbons (Fsp3) is 0.348. The molecule has 9 heteroatoms. The van der Waals surface area contributed by atoms with Crippen LogP contribution in [0.2, 0.25) is 10.0 Å². The van der Waals surface area contributed by atoms with E-state index in [1.807, 2.05) is 29.2 Å². The number of hydrogen-bond acceptors (Lipinski definition) is 5. The van der Waals surface area contributed by atoms with Gasteiger partial charge < -0.3 is 15.8 Å². The minimum atomic E-state index is -1.03. The van der Waals surface area contributed by atoms with Gasteiger partial charge in [-0.1, -0.05) is 41.4 Å². The second kappa shape index (κ2) is 9.10. The Morgan fingerprint density at radius 1 is 1.19 bits per heavy atom. The monoisotopic (exact) mass is 475 g/mol. The molecule has 168 valence electrons. The number of nitrogens with two attached hydrogens (primary N) is 1. The number of nitrogens with zero attached hydrogens (tertiary/aromatic N) is 1. The van der Waals surface area contributed by atoms with Crippen molar-refractivity contribution < 1.29 is 19.1 Å². The summed E-state index contributed by atoms with van der Waals surface area (Å²) in [5, 5.41) is 4.07. The zero-order valence-electron chi connectivity index (χ0n) is 17.3. The smallest absolute Gasteiger partial charge is 0.310 e. The molecular weight excluding hydrogens is 453 g/mol. The molecule has 2 unspecified atom stereocenters. The Kier molecular flexibility index (Phi) is 6.42. The molecule has 2 aliphatic rings. The van der Waals surface area contributed by atoms with Crippen molar-refractivity contribution in [2.24, 2.45) is 11.7 Å². The first kappa shape index (κ1) is 22.6. The van der Waals surface area contributed by atoms with Crippen LogP contribution in [0.15, 0.2) is 42.5 Å². The van der Waals surface area contributed by atoms with Crippen LogP contribution in [0.5, 0.6) is 0 Å². The molecule has 0 radical (unpaired) electrons. The molecule has 2 heterocycles. The summed E-state index contributed by atoms with van der Waals surface area (Å²) in [5.41, 5.74) is 6.42. The van der Waals surface area contributed by atoms with Crippen LogP contribution >= 0.6 is 23.2 Å². The summed E-state index contributed by atoms with van der Waals surface area (Å²) >= 11 is 12.4. The van der Waals surface area contributed by atoms with E-state index in [0.29, 0.717) is 48.1 Å². The van der Waals surface area contributed by atoms with E-state index in [4.69, 9.17) is 33.7 Å². The third-order valence-corrected chi connectivity index (χ3v) is 6.52. The van der Waals surface area contributed by atoms with Crippen molar-refractivity contribution in [1.29, 1.82) is 0 Å². The second-order valence-electron chi connectivity index (χ2n) is 8.17. The van der Waals surface area contributed by atoms with Crippen LogP contribution in [0, 0.1) is 5.92 Å². The van der Waals surface area contributed by atoms with Crippen molar-refractivity contribution in [3.05, 3.63) is 63.6 Å². The van der Waals surface area contributed by atoms with Crippen LogP contribution < -0.4 is 11.1 Å². The Hall–Kier alpha value is -2.61. The molecular formula is C23H23Cl2N3O4. The van der Waals surface area contributed by atoms with E-state index >= 15 is 0 Å². The number of likely N-dealkylation sites (tertiary alicyclic amines) is 1. The van der Waals surface area contributed by atoms with E-state index in [2.05, 4.69) is 5.32 Å². The summed E-state index contributed by atoms with van der Waals surface area (Å²) in [6.45, 7) is 0.480. The van der Waals surface area contributed by atoms with Gasteiger partial charge in [-0.25, -0.2) is 0 Å². The Morgan fingerprint density at radius 2 is 1.97 bits per heavy atom. The lowest BCUT2D eigenvalue weighted by Gasteiger charge is -2.44. The quantitative estimate of drug-likeness (QED) is 0.624. The van der Waals surface area contributed by atoms with Crippen LogP contribution in [-0.4, -0.2) is 42.4 Å². The van der Waals surface area contributed by atoms with Gasteiger partial charge in [0.15, 0.2) is 6.61 Å². The first-order valence-corrected chi connectivity index (χ1v) is 11.1. The number of piperidine rings is 1. The summed E-state index contributed by atoms with van der Waals surface area (Å²) in [7, 11) is 0. The van der Waals surface area contributed by atoms with Gasteiger partial charge in [-0.15, -0.1) is 0 Å². The highest BCUT2D eigenvalue weighted by molar-refractivity contribution is 6.31. The molecule has 0 spiro atoms. The summed E-state index contributed by atoms with van der Waals surface area (Å²) in [5.74, 6) is -1.84. The molecule has 2 aromatic carbocycles. The van der Waals surface area contributed by atoms with E-state index in [0.717, 1.165) is 11.1 Å². The maximum atomic E-state index is 13.5. The zero-order chi connectivity index (χ0) is 22.9. The lowest BCUT2D eigenvalue weighted by atomic mass is 9.80. The minimum Gasteiger partial charge on any atom is -0.455 e. The Labute approximate surface area is 195 Å². The molecule has 4 rings (SSSR count). The molecule has 0 bridgehead atoms. The van der Waals surface area contributed by atoms with Crippen LogP contribution in [-0.2, 0) is 31.1 Å². The Morgan fingerprint density at radius 3 is 2.72 bits per heavy atom. The van der Waals surface area contributed by atoms with Gasteiger partial charge in [0.25, 0.3) is 5.91 Å². The number of halogens is 2. The molecule has 2 atom stereocenters. The second-order valence-corrected chi connectivity index (χ2v) is 9.04. The maximum absolute atomic E-state index is 13.5. The van der Waals surface area contributed by atoms with Crippen LogP contribution in [0.25, 0.3) is 0 Å². The topological polar surface area (TPSA) is 102 Å². The van der Waals surface area contributed by atoms with Crippen LogP contribution in [0.1, 0.15) is 24.0 Å². The largest absolute Gasteiger partial charge is 0.455 e. The minimum absolute atomic E-state index is 0.180. The average Bonchev–Trinajstić information content (AvgIpc) is 3.03. The fourth-order valence-corrected chi connectivity index (χ4v) is 5.03. The van der Waals surface area contributed by atoms with Gasteiger partial charge >= 0.3 is 5.97 Å². The molecule has 32 heavy (non-hydrogen) atoms. The number of carbonyl (C=O) groups excluding carboxylic acids is 3. The van der Waals surface area contributed by atoms with Crippen molar-refractivity contribution in [2.45, 2.75) is 24.8 Å². The first-order valence-electron chi connectivity index (χ1n) is 10.4. The zero-order valence-corrected chi connectivity index (χ0v) is 18.8. The summed E-state index contributed by atoms with van der Waals surface area (Å²) in [4.78, 5) is 39.1. The van der Waals surface area contributed by atoms with Gasteiger partial charge in [0.2, 0.25) is 5.91 Å². The molecule has 3 N–H and O–H groups in total. The third kappa shape index (κ3) is 4.33. The molecule has 0 aromatic heterocycles. The van der Waals surface area contributed by atoms with Gasteiger partial charge in [0.05, 0.1) is 5.92 Å². The van der Waals surface area contributed by atoms with Crippen molar-refractivity contribution in [3.63, 3.8) is 0 Å². The number of nitrogens with one attached hydrogen (secondary N) is 1. The highest BCUT2D eigenvalue weighted by atomic mass is 35.5. The van der Waals surface area contributed by atoms with Gasteiger partial charge in [-0.05, 0) is 49.2 Å². The van der Waals surface area contributed by atoms with Crippen LogP contribution in [0.3, 0.4) is 0 Å². The predicted molar refractivity (Wildman–Crippen MR) is 121 cm³/mol. The summed E-state index contributed by atoms with van der Waals surface area (Å²) < 4.78 is 5.06. The number of primary amides is 1. The fourth-order valence-electron chi connectivity index (χ4n) is 4.65. The number of ether oxygens (including phenoxy) is 1. The average molecular weight is 476 g/mol. The van der Waals surface area contributed by atoms with Gasteiger partial charge in [-0.2, -0.15) is 0 Å². The number of benzene rings is 2. The van der Waals surface area contributed by atoms with E-state index in [-0.39, 0.29) is 5.91 Å². The van der Waals surface area contributed by atoms with Crippen molar-refractivity contribution >= 4 is 46.7 Å². The van der Waals surface area contributed by atoms with E-state index < -0.39 is 29.9 Å². The van der Waals surface area contributed by atoms with E-state index in [1.165, 1.54) is 0 Å². The Balaban J connectivity index is 1.71. The highest BCUT2D eigenvalue weighted by Gasteiger charge is 2.52. The Bertz CT molecular complexity index is 1080. The van der Waals surface area contributed by atoms with E-state index in [9.17, 15) is 14.4 Å². The first-order chi connectivity index (χ1) is 15.3. The van der Waals surface area contributed by atoms with Crippen LogP contribution in [0.4, 0.5) is 5.69 Å². The number of fused-ring (bicyclic) bond motifs is 1. The molecule has 1 saturated heterocycles. The third-order valence-electron chi connectivity index (χ3n) is 6.05. The van der Waals surface area contributed by atoms with E-state index in [1.54, 1.807) is 18.2 Å². The lowest BCUT2D eigenvalue weighted by Crippen LogP contribution is -2.56. The molecule has 7 nitrogen and oxygen atoms in total. The molecule has 0 saturated carbocycles. The molecule has 2 aromatic rings. The standard InChI is InChI=1S/C23H23Cl2N3O4/c24-16-5-1-3-14(9-16)11-23(18-7-6-17(25)10-19(18)27-22(23)31)28-8-2-4-15(12-28)21(30)32-13-20(26)29/h1,3,5-7,9-10,15H,2,4,8,11-13H2,(H2,26,29)(H,27,31). The van der Waals surface area contributed by atoms with Gasteiger partial charge in [0, 0.05) is 34.3 Å². The lowest BCUT2D eigenvalue weighted by molar-refractivity contribution is -0.155. The van der Waals surface area contributed by atoms with Crippen molar-refractivity contribution in [3.8, 4) is 0 Å². The number of hydrogen-bond donors (Lipinski definition) is 2. The SMILES string of the molecule is NC(=O)COC(=O)C1CCCN(C2(Cc3cccc(Cl)c3)C(=O)Nc3cc(Cl)ccc32)C1. The number of carbonyl (C=O) groups is 3. The number of amides is 2. The summed E-state index contributed by atoms with van der Waals surface area (Å²) in [6, 6.07) is 12.7. The molecule has 0 aliphatic carbocycles. The van der Waals surface area contributed by atoms with Gasteiger partial charge in [0.1, 0.15) is 5.54 Å². The van der Waals surface area contributed by atoms with Crippen molar-refractivity contribution in [1.82, 2.24) is 4.90 Å². The number of anilines is 1. The molecule has 1 fully saturated rings. The highest BCUT2D eigenvalue weighted by Crippen LogP contribution is 2.45. The van der Waals surface area contributed by atoms with Crippen molar-refractivity contribution in [2.75, 3.05) is 25.0 Å². The van der Waals surface area contributed by atoms with Gasteiger partial charge in [-0.3, -0.25) is 19.3 Å². The number of esters is 1. The summed E-state index contributed by atoms with van der Waals surface area (Å²) in [6.07, 6.45) is 1.68. The maximum Gasteiger partial charge on any atom is 0.310 e. The normalized spacial score (nSPS) is 22.8.